The normalized spacial score (nSPS) is 11.2. The van der Waals surface area contributed by atoms with Crippen molar-refractivity contribution in [1.29, 1.82) is 5.26 Å². The number of hydrogen-bond acceptors (Lipinski definition) is 8. The number of methoxy groups -OCH3 is 1. The first-order chi connectivity index (χ1) is 18.1. The fraction of sp³-hybridized carbons (Fsp3) is 0.214. The molecule has 0 spiro atoms. The lowest BCUT2D eigenvalue weighted by atomic mass is 10.1. The van der Waals surface area contributed by atoms with Gasteiger partial charge in [0.25, 0.3) is 5.91 Å². The van der Waals surface area contributed by atoms with Gasteiger partial charge in [-0.15, -0.1) is 22.0 Å². The van der Waals surface area contributed by atoms with Gasteiger partial charge in [0, 0.05) is 17.1 Å². The molecule has 1 N–H and O–H groups in total. The van der Waals surface area contributed by atoms with E-state index in [1.54, 1.807) is 37.1 Å². The number of aryl methyl sites for hydroxylation is 1. The Morgan fingerprint density at radius 3 is 2.78 bits per heavy atom. The van der Waals surface area contributed by atoms with E-state index in [0.29, 0.717) is 28.8 Å². The maximum absolute atomic E-state index is 12.6. The summed E-state index contributed by atoms with van der Waals surface area (Å²) in [5, 5.41) is 23.9. The molecule has 0 saturated heterocycles. The van der Waals surface area contributed by atoms with Gasteiger partial charge >= 0.3 is 0 Å². The summed E-state index contributed by atoms with van der Waals surface area (Å²) in [6, 6.07) is 21.9. The third-order valence-electron chi connectivity index (χ3n) is 5.36. The number of fused-ring (bicyclic) bond motifs is 1. The molecule has 4 aromatic rings. The fourth-order valence-electron chi connectivity index (χ4n) is 3.62. The van der Waals surface area contributed by atoms with E-state index >= 15 is 0 Å². The van der Waals surface area contributed by atoms with E-state index in [2.05, 4.69) is 45.8 Å². The summed E-state index contributed by atoms with van der Waals surface area (Å²) >= 11 is 3.05. The predicted molar refractivity (Wildman–Crippen MR) is 149 cm³/mol. The summed E-state index contributed by atoms with van der Waals surface area (Å²) in [6.45, 7) is 2.54. The molecule has 4 rings (SSSR count). The van der Waals surface area contributed by atoms with Crippen molar-refractivity contribution in [2.75, 3.05) is 24.8 Å². The monoisotopic (exact) mass is 530 g/mol. The molecule has 1 aromatic heterocycles. The van der Waals surface area contributed by atoms with Crippen LogP contribution in [0.5, 0.6) is 11.5 Å². The summed E-state index contributed by atoms with van der Waals surface area (Å²) < 4.78 is 11.5. The number of amides is 1. The Morgan fingerprint density at radius 2 is 1.97 bits per heavy atom. The largest absolute Gasteiger partial charge is 0.493 e. The number of thioether (sulfide) groups is 1. The van der Waals surface area contributed by atoms with Crippen molar-refractivity contribution in [3.8, 4) is 17.6 Å². The van der Waals surface area contributed by atoms with Gasteiger partial charge in [-0.25, -0.2) is 0 Å². The van der Waals surface area contributed by atoms with Crippen molar-refractivity contribution in [2.24, 2.45) is 0 Å². The first kappa shape index (κ1) is 26.2. The van der Waals surface area contributed by atoms with E-state index in [9.17, 15) is 10.1 Å². The molecule has 0 aliphatic heterocycles. The molecule has 0 bridgehead atoms. The van der Waals surface area contributed by atoms with Crippen molar-refractivity contribution >= 4 is 51.0 Å². The minimum atomic E-state index is -0.536. The van der Waals surface area contributed by atoms with Crippen LogP contribution in [-0.4, -0.2) is 35.6 Å². The number of hydrogen-bond donors (Lipinski definition) is 1. The van der Waals surface area contributed by atoms with Gasteiger partial charge in [-0.05, 0) is 47.0 Å². The molecule has 0 atom stereocenters. The van der Waals surface area contributed by atoms with Crippen LogP contribution in [0.15, 0.2) is 71.1 Å². The Morgan fingerprint density at radius 1 is 1.14 bits per heavy atom. The van der Waals surface area contributed by atoms with Crippen LogP contribution in [-0.2, 0) is 11.2 Å². The Kier molecular flexibility index (Phi) is 9.13. The van der Waals surface area contributed by atoms with Crippen LogP contribution >= 0.6 is 23.1 Å². The summed E-state index contributed by atoms with van der Waals surface area (Å²) in [7, 11) is 1.56. The Hall–Kier alpha value is -3.87. The molecule has 3 aromatic carbocycles. The lowest BCUT2D eigenvalue weighted by molar-refractivity contribution is -0.112. The number of nitrogens with one attached hydrogen (secondary N) is 1. The van der Waals surface area contributed by atoms with Gasteiger partial charge in [0.15, 0.2) is 11.5 Å². The third kappa shape index (κ3) is 6.88. The zero-order valence-electron chi connectivity index (χ0n) is 20.6. The smallest absolute Gasteiger partial charge is 0.268 e. The highest BCUT2D eigenvalue weighted by molar-refractivity contribution is 7.99. The highest BCUT2D eigenvalue weighted by Gasteiger charge is 2.14. The number of carbonyl (C=O) groups is 1. The average molecular weight is 531 g/mol. The van der Waals surface area contributed by atoms with Crippen molar-refractivity contribution < 1.29 is 14.3 Å². The summed E-state index contributed by atoms with van der Waals surface area (Å²) in [4.78, 5) is 13.8. The molecule has 0 saturated carbocycles. The Bertz CT molecular complexity index is 1450. The second-order valence-corrected chi connectivity index (χ2v) is 10.2. The molecule has 0 unspecified atom stereocenters. The lowest BCUT2D eigenvalue weighted by Gasteiger charge is -2.12. The zero-order valence-corrected chi connectivity index (χ0v) is 22.2. The third-order valence-corrected chi connectivity index (χ3v) is 7.30. The molecule has 9 heteroatoms. The molecule has 1 heterocycles. The maximum atomic E-state index is 12.6. The number of rotatable bonds is 11. The fourth-order valence-corrected chi connectivity index (χ4v) is 5.36. The first-order valence-electron chi connectivity index (χ1n) is 11.8. The topological polar surface area (TPSA) is 97.1 Å². The highest BCUT2D eigenvalue weighted by Crippen LogP contribution is 2.31. The second-order valence-electron chi connectivity index (χ2n) is 7.96. The van der Waals surface area contributed by atoms with Gasteiger partial charge in [0.2, 0.25) is 5.13 Å². The molecule has 0 aliphatic carbocycles. The molecule has 0 fully saturated rings. The van der Waals surface area contributed by atoms with Crippen LogP contribution in [0.4, 0.5) is 5.13 Å². The number of nitrogens with zero attached hydrogens (tertiary/aromatic N) is 3. The molecule has 188 valence electrons. The quantitative estimate of drug-likeness (QED) is 0.104. The molecule has 0 aliphatic rings. The van der Waals surface area contributed by atoms with Gasteiger partial charge in [-0.3, -0.25) is 10.1 Å². The van der Waals surface area contributed by atoms with E-state index in [4.69, 9.17) is 9.47 Å². The van der Waals surface area contributed by atoms with Crippen molar-refractivity contribution in [2.45, 2.75) is 24.7 Å². The minimum Gasteiger partial charge on any atom is -0.493 e. The predicted octanol–water partition coefficient (Wildman–Crippen LogP) is 6.37. The molecule has 37 heavy (non-hydrogen) atoms. The SMILES string of the molecule is CCCc1nnc(NC(=O)/C(C#N)=C\c2ccc(OCCSc3cccc4ccccc34)c(OC)c2)s1. The van der Waals surface area contributed by atoms with Crippen LogP contribution in [0.25, 0.3) is 16.8 Å². The maximum Gasteiger partial charge on any atom is 0.268 e. The number of anilines is 1. The van der Waals surface area contributed by atoms with E-state index < -0.39 is 5.91 Å². The van der Waals surface area contributed by atoms with Gasteiger partial charge < -0.3 is 9.47 Å². The standard InChI is InChI=1S/C28H26N4O3S2/c1-3-7-26-31-32-28(37-26)30-27(33)21(18-29)16-19-12-13-23(24(17-19)34-2)35-14-15-36-25-11-6-9-20-8-4-5-10-22(20)25/h4-6,8-13,16-17H,3,7,14-15H2,1-2H3,(H,30,32,33)/b21-16-. The van der Waals surface area contributed by atoms with E-state index in [-0.39, 0.29) is 5.57 Å². The van der Waals surface area contributed by atoms with Crippen molar-refractivity contribution in [3.63, 3.8) is 0 Å². The Labute approximate surface area is 224 Å². The van der Waals surface area contributed by atoms with Gasteiger partial charge in [0.05, 0.1) is 13.7 Å². The summed E-state index contributed by atoms with van der Waals surface area (Å²) in [6.07, 6.45) is 3.24. The van der Waals surface area contributed by atoms with E-state index in [1.165, 1.54) is 33.1 Å². The van der Waals surface area contributed by atoms with E-state index in [0.717, 1.165) is 23.6 Å². The van der Waals surface area contributed by atoms with E-state index in [1.807, 2.05) is 25.1 Å². The number of benzene rings is 3. The second kappa shape index (κ2) is 12.9. The van der Waals surface area contributed by atoms with Gasteiger partial charge in [0.1, 0.15) is 16.6 Å². The van der Waals surface area contributed by atoms with Gasteiger partial charge in [-0.1, -0.05) is 60.7 Å². The lowest BCUT2D eigenvalue weighted by Crippen LogP contribution is -2.13. The van der Waals surface area contributed by atoms with Crippen LogP contribution in [0.1, 0.15) is 23.9 Å². The van der Waals surface area contributed by atoms with Crippen LogP contribution in [0, 0.1) is 11.3 Å². The van der Waals surface area contributed by atoms with Gasteiger partial charge in [-0.2, -0.15) is 5.26 Å². The minimum absolute atomic E-state index is 0.0468. The van der Waals surface area contributed by atoms with Crippen molar-refractivity contribution in [1.82, 2.24) is 10.2 Å². The zero-order chi connectivity index (χ0) is 26.0. The molecular formula is C28H26N4O3S2. The van der Waals surface area contributed by atoms with Crippen LogP contribution in [0.2, 0.25) is 0 Å². The molecular weight excluding hydrogens is 504 g/mol. The van der Waals surface area contributed by atoms with Crippen LogP contribution < -0.4 is 14.8 Å². The summed E-state index contributed by atoms with van der Waals surface area (Å²) in [5.74, 6) is 1.35. The summed E-state index contributed by atoms with van der Waals surface area (Å²) in [5.41, 5.74) is 0.597. The molecule has 0 radical (unpaired) electrons. The first-order valence-corrected chi connectivity index (χ1v) is 13.6. The number of ether oxygens (including phenoxy) is 2. The Balaban J connectivity index is 1.38. The number of carbonyl (C=O) groups excluding carboxylic acids is 1. The molecule has 7 nitrogen and oxygen atoms in total. The number of aromatic nitrogens is 2. The number of nitriles is 1. The molecule has 1 amide bonds. The highest BCUT2D eigenvalue weighted by atomic mass is 32.2. The van der Waals surface area contributed by atoms with Crippen LogP contribution in [0.3, 0.4) is 0 Å². The van der Waals surface area contributed by atoms with Crippen molar-refractivity contribution in [3.05, 3.63) is 76.8 Å². The average Bonchev–Trinajstić information content (AvgIpc) is 3.36.